The number of carbonyl (C=O) groups is 1. The quantitative estimate of drug-likeness (QED) is 0.666. The van der Waals surface area contributed by atoms with Gasteiger partial charge in [0, 0.05) is 4.47 Å². The van der Waals surface area contributed by atoms with Crippen LogP contribution in [0.5, 0.6) is 0 Å². The Balaban J connectivity index is 2.41. The van der Waals surface area contributed by atoms with Gasteiger partial charge in [-0.15, -0.1) is 0 Å². The van der Waals surface area contributed by atoms with Crippen molar-refractivity contribution in [2.24, 2.45) is 0 Å². The van der Waals surface area contributed by atoms with E-state index in [2.05, 4.69) is 15.9 Å². The summed E-state index contributed by atoms with van der Waals surface area (Å²) in [6, 6.07) is 2.86. The van der Waals surface area contributed by atoms with Crippen LogP contribution < -0.4 is 0 Å². The average molecular weight is 322 g/mol. The summed E-state index contributed by atoms with van der Waals surface area (Å²) in [5, 5.41) is 10.00. The SMILES string of the molecule is O=C(c1ccc(Br)c(Cl)c1F)C1(O)CCCC1. The molecule has 0 heterocycles. The molecule has 1 saturated carbocycles. The maximum atomic E-state index is 13.8. The van der Waals surface area contributed by atoms with Crippen molar-refractivity contribution < 1.29 is 14.3 Å². The van der Waals surface area contributed by atoms with Gasteiger partial charge in [0.1, 0.15) is 5.60 Å². The van der Waals surface area contributed by atoms with Crippen LogP contribution in [0.25, 0.3) is 0 Å². The van der Waals surface area contributed by atoms with E-state index < -0.39 is 17.2 Å². The van der Waals surface area contributed by atoms with E-state index in [0.29, 0.717) is 17.3 Å². The van der Waals surface area contributed by atoms with Gasteiger partial charge in [0.25, 0.3) is 0 Å². The van der Waals surface area contributed by atoms with Gasteiger partial charge in [-0.1, -0.05) is 11.6 Å². The van der Waals surface area contributed by atoms with Gasteiger partial charge in [-0.25, -0.2) is 4.39 Å². The maximum Gasteiger partial charge on any atom is 0.197 e. The highest BCUT2D eigenvalue weighted by molar-refractivity contribution is 9.10. The first-order valence-electron chi connectivity index (χ1n) is 5.36. The molecule has 5 heteroatoms. The molecule has 1 fully saturated rings. The summed E-state index contributed by atoms with van der Waals surface area (Å²) in [5.74, 6) is -1.34. The van der Waals surface area contributed by atoms with E-state index in [1.165, 1.54) is 12.1 Å². The van der Waals surface area contributed by atoms with Gasteiger partial charge < -0.3 is 5.11 Å². The molecule has 92 valence electrons. The van der Waals surface area contributed by atoms with Crippen LogP contribution in [0.2, 0.25) is 5.02 Å². The minimum atomic E-state index is -1.42. The van der Waals surface area contributed by atoms with Crippen molar-refractivity contribution in [1.29, 1.82) is 0 Å². The lowest BCUT2D eigenvalue weighted by Gasteiger charge is -2.20. The molecule has 0 atom stereocenters. The van der Waals surface area contributed by atoms with Crippen molar-refractivity contribution in [2.75, 3.05) is 0 Å². The number of hydrogen-bond donors (Lipinski definition) is 1. The molecule has 2 nitrogen and oxygen atoms in total. The zero-order valence-corrected chi connectivity index (χ0v) is 11.3. The third-order valence-corrected chi connectivity index (χ3v) is 4.39. The summed E-state index contributed by atoms with van der Waals surface area (Å²) in [7, 11) is 0. The fraction of sp³-hybridized carbons (Fsp3) is 0.417. The van der Waals surface area contributed by atoms with E-state index in [4.69, 9.17) is 11.6 Å². The van der Waals surface area contributed by atoms with Crippen LogP contribution in [0.15, 0.2) is 16.6 Å². The van der Waals surface area contributed by atoms with E-state index in [9.17, 15) is 14.3 Å². The Kier molecular flexibility index (Phi) is 3.57. The van der Waals surface area contributed by atoms with Crippen LogP contribution >= 0.6 is 27.5 Å². The minimum absolute atomic E-state index is 0.127. The normalized spacial score (nSPS) is 18.4. The van der Waals surface area contributed by atoms with E-state index in [-0.39, 0.29) is 10.6 Å². The first-order chi connectivity index (χ1) is 7.96. The lowest BCUT2D eigenvalue weighted by molar-refractivity contribution is 0.0349. The fourth-order valence-corrected chi connectivity index (χ4v) is 2.61. The molecule has 0 aliphatic heterocycles. The van der Waals surface area contributed by atoms with Gasteiger partial charge in [0.2, 0.25) is 0 Å². The van der Waals surface area contributed by atoms with Crippen LogP contribution in [0.3, 0.4) is 0 Å². The fourth-order valence-electron chi connectivity index (χ4n) is 2.14. The van der Waals surface area contributed by atoms with Crippen molar-refractivity contribution >= 4 is 33.3 Å². The van der Waals surface area contributed by atoms with Crippen molar-refractivity contribution in [3.63, 3.8) is 0 Å². The zero-order valence-electron chi connectivity index (χ0n) is 8.97. The predicted octanol–water partition coefficient (Wildman–Crippen LogP) is 3.73. The smallest absolute Gasteiger partial charge is 0.197 e. The molecule has 0 saturated heterocycles. The predicted molar refractivity (Wildman–Crippen MR) is 66.9 cm³/mol. The Morgan fingerprint density at radius 2 is 2.00 bits per heavy atom. The summed E-state index contributed by atoms with van der Waals surface area (Å²) in [6.07, 6.45) is 2.35. The Morgan fingerprint density at radius 1 is 1.41 bits per heavy atom. The summed E-state index contributed by atoms with van der Waals surface area (Å²) >= 11 is 8.80. The molecular weight excluding hydrogens is 310 g/mol. The summed E-state index contributed by atoms with van der Waals surface area (Å²) in [4.78, 5) is 12.1. The summed E-state index contributed by atoms with van der Waals surface area (Å²) < 4.78 is 14.2. The monoisotopic (exact) mass is 320 g/mol. The topological polar surface area (TPSA) is 37.3 Å². The summed E-state index contributed by atoms with van der Waals surface area (Å²) in [6.45, 7) is 0. The third kappa shape index (κ3) is 2.26. The number of ketones is 1. The van der Waals surface area contributed by atoms with Gasteiger partial charge in [0.15, 0.2) is 11.6 Å². The Hall–Kier alpha value is -0.450. The molecule has 1 aromatic rings. The maximum absolute atomic E-state index is 13.8. The lowest BCUT2D eigenvalue weighted by atomic mass is 9.91. The van der Waals surface area contributed by atoms with E-state index in [1.807, 2.05) is 0 Å². The van der Waals surface area contributed by atoms with Gasteiger partial charge >= 0.3 is 0 Å². The van der Waals surface area contributed by atoms with Gasteiger partial charge in [0.05, 0.1) is 10.6 Å². The van der Waals surface area contributed by atoms with Crippen LogP contribution in [0.1, 0.15) is 36.0 Å². The van der Waals surface area contributed by atoms with Crippen molar-refractivity contribution in [3.8, 4) is 0 Å². The number of aliphatic hydroxyl groups is 1. The highest BCUT2D eigenvalue weighted by Crippen LogP contribution is 2.35. The van der Waals surface area contributed by atoms with Crippen molar-refractivity contribution in [2.45, 2.75) is 31.3 Å². The molecule has 1 aromatic carbocycles. The molecule has 1 aliphatic rings. The van der Waals surface area contributed by atoms with Crippen LogP contribution in [0, 0.1) is 5.82 Å². The number of rotatable bonds is 2. The third-order valence-electron chi connectivity index (χ3n) is 3.13. The van der Waals surface area contributed by atoms with Crippen molar-refractivity contribution in [1.82, 2.24) is 0 Å². The van der Waals surface area contributed by atoms with E-state index in [0.717, 1.165) is 12.8 Å². The minimum Gasteiger partial charge on any atom is -0.382 e. The molecule has 0 aromatic heterocycles. The van der Waals surface area contributed by atoms with Gasteiger partial charge in [-0.2, -0.15) is 0 Å². The second-order valence-electron chi connectivity index (χ2n) is 4.29. The first kappa shape index (κ1) is 13.0. The molecule has 0 spiro atoms. The Bertz CT molecular complexity index is 470. The lowest BCUT2D eigenvalue weighted by Crippen LogP contribution is -2.35. The Labute approximate surface area is 112 Å². The van der Waals surface area contributed by atoms with Gasteiger partial charge in [-0.05, 0) is 53.7 Å². The van der Waals surface area contributed by atoms with Gasteiger partial charge in [-0.3, -0.25) is 4.79 Å². The second-order valence-corrected chi connectivity index (χ2v) is 5.52. The molecule has 0 radical (unpaired) electrons. The standard InChI is InChI=1S/C12H11BrClFO2/c13-8-4-3-7(10(15)9(8)14)11(16)12(17)5-1-2-6-12/h3-4,17H,1-2,5-6H2. The number of Topliss-reactive ketones (excluding diaryl/α,β-unsaturated/α-hetero) is 1. The number of carbonyl (C=O) groups excluding carboxylic acids is 1. The van der Waals surface area contributed by atoms with E-state index >= 15 is 0 Å². The molecule has 2 rings (SSSR count). The molecule has 1 aliphatic carbocycles. The molecule has 0 amide bonds. The molecular formula is C12H11BrClFO2. The highest BCUT2D eigenvalue weighted by Gasteiger charge is 2.40. The summed E-state index contributed by atoms with van der Waals surface area (Å²) in [5.41, 5.74) is -1.56. The molecule has 0 bridgehead atoms. The van der Waals surface area contributed by atoms with Crippen LogP contribution in [0.4, 0.5) is 4.39 Å². The Morgan fingerprint density at radius 3 is 2.59 bits per heavy atom. The zero-order chi connectivity index (χ0) is 12.6. The van der Waals surface area contributed by atoms with Crippen molar-refractivity contribution in [3.05, 3.63) is 33.0 Å². The van der Waals surface area contributed by atoms with Crippen LogP contribution in [-0.2, 0) is 0 Å². The number of benzene rings is 1. The second kappa shape index (κ2) is 4.67. The molecule has 1 N–H and O–H groups in total. The largest absolute Gasteiger partial charge is 0.382 e. The first-order valence-corrected chi connectivity index (χ1v) is 6.53. The molecule has 0 unspecified atom stereocenters. The number of hydrogen-bond acceptors (Lipinski definition) is 2. The van der Waals surface area contributed by atoms with Crippen LogP contribution in [-0.4, -0.2) is 16.5 Å². The van der Waals surface area contributed by atoms with E-state index in [1.54, 1.807) is 0 Å². The highest BCUT2D eigenvalue weighted by atomic mass is 79.9. The average Bonchev–Trinajstić information content (AvgIpc) is 2.74. The molecule has 17 heavy (non-hydrogen) atoms. The number of halogens is 3.